The average molecular weight is 255 g/mol. The molecule has 0 amide bonds. The van der Waals surface area contributed by atoms with Crippen molar-refractivity contribution in [2.75, 3.05) is 19.8 Å². The summed E-state index contributed by atoms with van der Waals surface area (Å²) in [5.74, 6) is 0.947. The monoisotopic (exact) mass is 255 g/mol. The van der Waals surface area contributed by atoms with Crippen molar-refractivity contribution in [3.8, 4) is 0 Å². The lowest BCUT2D eigenvalue weighted by Gasteiger charge is -2.26. The van der Waals surface area contributed by atoms with E-state index < -0.39 is 0 Å². The molecule has 108 valence electrons. The Balaban J connectivity index is 1.78. The maximum absolute atomic E-state index is 5.66. The van der Waals surface area contributed by atoms with Gasteiger partial charge in [0.2, 0.25) is 0 Å². The second-order valence-corrected chi connectivity index (χ2v) is 5.94. The summed E-state index contributed by atoms with van der Waals surface area (Å²) in [6.07, 6.45) is 12.2. The predicted octanol–water partition coefficient (Wildman–Crippen LogP) is 4.14. The molecule has 0 atom stereocenters. The summed E-state index contributed by atoms with van der Waals surface area (Å²) in [7, 11) is 0. The van der Waals surface area contributed by atoms with E-state index in [4.69, 9.17) is 4.74 Å². The predicted molar refractivity (Wildman–Crippen MR) is 79.0 cm³/mol. The molecule has 0 heterocycles. The lowest BCUT2D eigenvalue weighted by molar-refractivity contribution is 0.127. The van der Waals surface area contributed by atoms with Crippen molar-refractivity contribution in [2.24, 2.45) is 5.92 Å². The van der Waals surface area contributed by atoms with Crippen LogP contribution in [0.25, 0.3) is 0 Å². The number of nitrogens with one attached hydrogen (secondary N) is 1. The van der Waals surface area contributed by atoms with Gasteiger partial charge < -0.3 is 10.1 Å². The van der Waals surface area contributed by atoms with Gasteiger partial charge in [-0.25, -0.2) is 0 Å². The van der Waals surface area contributed by atoms with E-state index in [0.717, 1.165) is 31.7 Å². The van der Waals surface area contributed by atoms with Gasteiger partial charge in [0, 0.05) is 19.2 Å². The summed E-state index contributed by atoms with van der Waals surface area (Å²) in [6.45, 7) is 7.51. The van der Waals surface area contributed by atoms with Crippen LogP contribution in [-0.2, 0) is 4.74 Å². The molecule has 1 saturated carbocycles. The second-order valence-electron chi connectivity index (χ2n) is 5.94. The Morgan fingerprint density at radius 3 is 2.39 bits per heavy atom. The van der Waals surface area contributed by atoms with Crippen LogP contribution in [0.5, 0.6) is 0 Å². The van der Waals surface area contributed by atoms with E-state index in [1.54, 1.807) is 0 Å². The van der Waals surface area contributed by atoms with Gasteiger partial charge in [0.15, 0.2) is 0 Å². The Kier molecular flexibility index (Phi) is 9.59. The van der Waals surface area contributed by atoms with E-state index >= 15 is 0 Å². The van der Waals surface area contributed by atoms with Gasteiger partial charge >= 0.3 is 0 Å². The highest BCUT2D eigenvalue weighted by Gasteiger charge is 2.16. The van der Waals surface area contributed by atoms with Crippen molar-refractivity contribution < 1.29 is 4.74 Å². The fraction of sp³-hybridized carbons (Fsp3) is 1.00. The highest BCUT2D eigenvalue weighted by molar-refractivity contribution is 4.74. The van der Waals surface area contributed by atoms with E-state index in [2.05, 4.69) is 19.2 Å². The normalized spacial score (nSPS) is 24.3. The maximum atomic E-state index is 5.66. The van der Waals surface area contributed by atoms with Crippen LogP contribution in [0.4, 0.5) is 0 Å². The van der Waals surface area contributed by atoms with Crippen LogP contribution in [0.1, 0.15) is 71.6 Å². The molecule has 0 aliphatic heterocycles. The maximum Gasteiger partial charge on any atom is 0.0590 e. The third-order valence-corrected chi connectivity index (χ3v) is 4.09. The number of unbranched alkanes of at least 4 members (excludes halogenated alkanes) is 4. The van der Waals surface area contributed by atoms with Crippen LogP contribution in [0.2, 0.25) is 0 Å². The summed E-state index contributed by atoms with van der Waals surface area (Å²) >= 11 is 0. The van der Waals surface area contributed by atoms with Crippen LogP contribution in [0, 0.1) is 5.92 Å². The second kappa shape index (κ2) is 10.8. The molecule has 2 nitrogen and oxygen atoms in total. The zero-order chi connectivity index (χ0) is 13.1. The lowest BCUT2D eigenvalue weighted by atomic mass is 9.87. The first-order valence-corrected chi connectivity index (χ1v) is 8.14. The molecule has 0 bridgehead atoms. The summed E-state index contributed by atoms with van der Waals surface area (Å²) in [5, 5.41) is 3.63. The standard InChI is InChI=1S/C16H33NO/c1-3-4-5-6-7-13-18-14-12-17-16-10-8-15(2)9-11-16/h15-17H,3-14H2,1-2H3. The number of hydrogen-bond acceptors (Lipinski definition) is 2. The van der Waals surface area contributed by atoms with Gasteiger partial charge in [-0.3, -0.25) is 0 Å². The van der Waals surface area contributed by atoms with Gasteiger partial charge in [-0.05, 0) is 38.0 Å². The first-order valence-electron chi connectivity index (χ1n) is 8.14. The Labute approximate surface area is 114 Å². The molecule has 0 aromatic carbocycles. The minimum absolute atomic E-state index is 0.759. The highest BCUT2D eigenvalue weighted by atomic mass is 16.5. The van der Waals surface area contributed by atoms with Crippen LogP contribution in [0.3, 0.4) is 0 Å². The SMILES string of the molecule is CCCCCCCOCCNC1CCC(C)CC1. The van der Waals surface area contributed by atoms with Gasteiger partial charge in [0.25, 0.3) is 0 Å². The minimum Gasteiger partial charge on any atom is -0.380 e. The van der Waals surface area contributed by atoms with Gasteiger partial charge in [-0.15, -0.1) is 0 Å². The first kappa shape index (κ1) is 16.0. The van der Waals surface area contributed by atoms with Gasteiger partial charge in [-0.1, -0.05) is 39.5 Å². The number of rotatable bonds is 10. The van der Waals surface area contributed by atoms with Crippen LogP contribution < -0.4 is 5.32 Å². The third-order valence-electron chi connectivity index (χ3n) is 4.09. The van der Waals surface area contributed by atoms with E-state index in [1.807, 2.05) is 0 Å². The third kappa shape index (κ3) is 8.10. The van der Waals surface area contributed by atoms with Crippen LogP contribution in [0.15, 0.2) is 0 Å². The zero-order valence-electron chi connectivity index (χ0n) is 12.5. The smallest absolute Gasteiger partial charge is 0.0590 e. The molecule has 0 aromatic heterocycles. The first-order chi connectivity index (χ1) is 8.83. The molecular weight excluding hydrogens is 222 g/mol. The number of hydrogen-bond donors (Lipinski definition) is 1. The minimum atomic E-state index is 0.759. The quantitative estimate of drug-likeness (QED) is 0.592. The molecular formula is C16H33NO. The van der Waals surface area contributed by atoms with E-state index in [1.165, 1.54) is 57.8 Å². The Morgan fingerprint density at radius 1 is 0.944 bits per heavy atom. The van der Waals surface area contributed by atoms with E-state index in [9.17, 15) is 0 Å². The summed E-state index contributed by atoms with van der Waals surface area (Å²) in [5.41, 5.74) is 0. The average Bonchev–Trinajstić information content (AvgIpc) is 2.39. The largest absolute Gasteiger partial charge is 0.380 e. The van der Waals surface area contributed by atoms with Crippen molar-refractivity contribution in [3.63, 3.8) is 0 Å². The molecule has 0 saturated heterocycles. The fourth-order valence-corrected chi connectivity index (χ4v) is 2.71. The van der Waals surface area contributed by atoms with Gasteiger partial charge in [0.1, 0.15) is 0 Å². The summed E-state index contributed by atoms with van der Waals surface area (Å²) in [6, 6.07) is 0.759. The molecule has 0 unspecified atom stereocenters. The van der Waals surface area contributed by atoms with Crippen molar-refractivity contribution >= 4 is 0 Å². The van der Waals surface area contributed by atoms with Crippen LogP contribution in [-0.4, -0.2) is 25.8 Å². The molecule has 0 radical (unpaired) electrons. The molecule has 18 heavy (non-hydrogen) atoms. The molecule has 1 fully saturated rings. The van der Waals surface area contributed by atoms with Gasteiger partial charge in [0.05, 0.1) is 6.61 Å². The zero-order valence-corrected chi connectivity index (χ0v) is 12.5. The van der Waals surface area contributed by atoms with Crippen molar-refractivity contribution in [2.45, 2.75) is 77.7 Å². The van der Waals surface area contributed by atoms with E-state index in [-0.39, 0.29) is 0 Å². The van der Waals surface area contributed by atoms with Crippen molar-refractivity contribution in [1.82, 2.24) is 5.32 Å². The lowest BCUT2D eigenvalue weighted by Crippen LogP contribution is -2.35. The molecule has 0 aromatic rings. The molecule has 1 aliphatic carbocycles. The molecule has 1 N–H and O–H groups in total. The fourth-order valence-electron chi connectivity index (χ4n) is 2.71. The summed E-state index contributed by atoms with van der Waals surface area (Å²) < 4.78 is 5.66. The molecule has 1 rings (SSSR count). The van der Waals surface area contributed by atoms with Crippen LogP contribution >= 0.6 is 0 Å². The van der Waals surface area contributed by atoms with Gasteiger partial charge in [-0.2, -0.15) is 0 Å². The molecule has 2 heteroatoms. The van der Waals surface area contributed by atoms with E-state index in [0.29, 0.717) is 0 Å². The Morgan fingerprint density at radius 2 is 1.67 bits per heavy atom. The number of ether oxygens (including phenoxy) is 1. The van der Waals surface area contributed by atoms with Crippen molar-refractivity contribution in [3.05, 3.63) is 0 Å². The Hall–Kier alpha value is -0.0800. The van der Waals surface area contributed by atoms with Crippen molar-refractivity contribution in [1.29, 1.82) is 0 Å². The topological polar surface area (TPSA) is 21.3 Å². The molecule has 0 spiro atoms. The Bertz CT molecular complexity index is 176. The highest BCUT2D eigenvalue weighted by Crippen LogP contribution is 2.23. The summed E-state index contributed by atoms with van der Waals surface area (Å²) in [4.78, 5) is 0. The molecule has 1 aliphatic rings.